The summed E-state index contributed by atoms with van der Waals surface area (Å²) in [5.41, 5.74) is 6.55. The second kappa shape index (κ2) is 7.50. The Kier molecular flexibility index (Phi) is 4.53. The lowest BCUT2D eigenvalue weighted by Crippen LogP contribution is -1.97. The number of rotatable bonds is 4. The van der Waals surface area contributed by atoms with Gasteiger partial charge in [-0.1, -0.05) is 110 Å². The average molecular weight is 383 g/mol. The normalized spacial score (nSPS) is 10.9. The lowest BCUT2D eigenvalue weighted by atomic mass is 9.85. The largest absolute Gasteiger partial charge is 0.0905 e. The Morgan fingerprint density at radius 1 is 0.467 bits per heavy atom. The number of fused-ring (bicyclic) bond motifs is 2. The van der Waals surface area contributed by atoms with Gasteiger partial charge < -0.3 is 0 Å². The minimum Gasteiger partial charge on any atom is -0.0905 e. The van der Waals surface area contributed by atoms with Crippen molar-refractivity contribution in [2.24, 2.45) is 0 Å². The Hall–Kier alpha value is -3.90. The van der Waals surface area contributed by atoms with E-state index >= 15 is 0 Å². The minimum atomic E-state index is 1.01. The van der Waals surface area contributed by atoms with Gasteiger partial charge in [0, 0.05) is 0 Å². The zero-order valence-electron chi connectivity index (χ0n) is 16.8. The van der Waals surface area contributed by atoms with Gasteiger partial charge in [-0.15, -0.1) is 0 Å². The van der Waals surface area contributed by atoms with Crippen LogP contribution in [0.3, 0.4) is 0 Å². The highest BCUT2D eigenvalue weighted by molar-refractivity contribution is 6.07. The molecule has 0 saturated carbocycles. The Bertz CT molecular complexity index is 1390. The first-order valence-corrected chi connectivity index (χ1v) is 10.2. The molecule has 0 aliphatic heterocycles. The molecule has 30 heavy (non-hydrogen) atoms. The fraction of sp³-hybridized carbons (Fsp3) is 0. The molecule has 0 bridgehead atoms. The maximum Gasteiger partial charge on any atom is -0.00265 e. The van der Waals surface area contributed by atoms with Crippen molar-refractivity contribution in [1.29, 1.82) is 0 Å². The summed E-state index contributed by atoms with van der Waals surface area (Å²) in [7, 11) is 0. The van der Waals surface area contributed by atoms with E-state index in [4.69, 9.17) is 0 Å². The molecule has 5 aromatic rings. The van der Waals surface area contributed by atoms with Crippen molar-refractivity contribution in [2.75, 3.05) is 0 Å². The van der Waals surface area contributed by atoms with Gasteiger partial charge in [-0.3, -0.25) is 0 Å². The van der Waals surface area contributed by atoms with Gasteiger partial charge in [-0.25, -0.2) is 0 Å². The van der Waals surface area contributed by atoms with Crippen LogP contribution in [-0.4, -0.2) is 0 Å². The smallest absolute Gasteiger partial charge is 0.00265 e. The molecule has 0 N–H and O–H groups in total. The number of hydrogen-bond acceptors (Lipinski definition) is 0. The van der Waals surface area contributed by atoms with Gasteiger partial charge in [0.1, 0.15) is 0 Å². The van der Waals surface area contributed by atoms with Crippen LogP contribution in [-0.2, 0) is 0 Å². The quantitative estimate of drug-likeness (QED) is 0.275. The maximum absolute atomic E-state index is 4.52. The van der Waals surface area contributed by atoms with Crippen molar-refractivity contribution in [3.8, 4) is 0 Å². The third kappa shape index (κ3) is 3.13. The summed E-state index contributed by atoms with van der Waals surface area (Å²) in [6, 6.07) is 38.2. The van der Waals surface area contributed by atoms with Crippen LogP contribution in [0.25, 0.3) is 32.7 Å². The van der Waals surface area contributed by atoms with Gasteiger partial charge in [0.15, 0.2) is 0 Å². The molecule has 0 amide bonds. The Morgan fingerprint density at radius 2 is 1.00 bits per heavy atom. The van der Waals surface area contributed by atoms with Crippen molar-refractivity contribution in [3.63, 3.8) is 0 Å². The van der Waals surface area contributed by atoms with E-state index in [1.807, 2.05) is 12.1 Å². The van der Waals surface area contributed by atoms with Crippen molar-refractivity contribution in [1.82, 2.24) is 0 Å². The van der Waals surface area contributed by atoms with E-state index in [2.05, 4.69) is 110 Å². The SMILES string of the molecule is C=C(c1ccccc1)c1ccc2cc3ccccc3cc2c1C(=C)c1ccccc1. The van der Waals surface area contributed by atoms with Crippen molar-refractivity contribution in [2.45, 2.75) is 0 Å². The third-order valence-electron chi connectivity index (χ3n) is 5.76. The molecule has 0 heteroatoms. The first-order chi connectivity index (χ1) is 14.7. The second-order valence-electron chi connectivity index (χ2n) is 7.60. The van der Waals surface area contributed by atoms with E-state index < -0.39 is 0 Å². The zero-order valence-corrected chi connectivity index (χ0v) is 16.8. The lowest BCUT2D eigenvalue weighted by Gasteiger charge is -2.18. The van der Waals surface area contributed by atoms with Crippen LogP contribution in [0.15, 0.2) is 122 Å². The van der Waals surface area contributed by atoms with Crippen LogP contribution in [0.5, 0.6) is 0 Å². The molecule has 0 saturated heterocycles. The van der Waals surface area contributed by atoms with Crippen LogP contribution in [0, 0.1) is 0 Å². The van der Waals surface area contributed by atoms with Gasteiger partial charge in [-0.05, 0) is 67.1 Å². The van der Waals surface area contributed by atoms with Gasteiger partial charge >= 0.3 is 0 Å². The van der Waals surface area contributed by atoms with Gasteiger partial charge in [0.05, 0.1) is 0 Å². The van der Waals surface area contributed by atoms with Crippen LogP contribution in [0.4, 0.5) is 0 Å². The highest BCUT2D eigenvalue weighted by atomic mass is 14.2. The predicted octanol–water partition coefficient (Wildman–Crippen LogP) is 8.12. The zero-order chi connectivity index (χ0) is 20.5. The summed E-state index contributed by atoms with van der Waals surface area (Å²) in [5.74, 6) is 0. The van der Waals surface area contributed by atoms with E-state index in [-0.39, 0.29) is 0 Å². The van der Waals surface area contributed by atoms with Crippen LogP contribution in [0.1, 0.15) is 22.3 Å². The molecule has 0 nitrogen and oxygen atoms in total. The van der Waals surface area contributed by atoms with Gasteiger partial charge in [-0.2, -0.15) is 0 Å². The van der Waals surface area contributed by atoms with Gasteiger partial charge in [0.25, 0.3) is 0 Å². The molecule has 0 heterocycles. The molecule has 5 rings (SSSR count). The summed E-state index contributed by atoms with van der Waals surface area (Å²) in [5, 5.41) is 4.90. The van der Waals surface area contributed by atoms with E-state index in [9.17, 15) is 0 Å². The van der Waals surface area contributed by atoms with Gasteiger partial charge in [0.2, 0.25) is 0 Å². The molecule has 0 spiro atoms. The molecule has 0 aliphatic carbocycles. The summed E-state index contributed by atoms with van der Waals surface area (Å²) in [6.45, 7) is 8.98. The number of benzene rings is 5. The first-order valence-electron chi connectivity index (χ1n) is 10.2. The molecule has 5 aromatic carbocycles. The minimum absolute atomic E-state index is 1.01. The van der Waals surface area contributed by atoms with Crippen molar-refractivity contribution in [3.05, 3.63) is 145 Å². The molecule has 142 valence electrons. The van der Waals surface area contributed by atoms with Crippen molar-refractivity contribution < 1.29 is 0 Å². The van der Waals surface area contributed by atoms with E-state index in [0.29, 0.717) is 0 Å². The number of hydrogen-bond donors (Lipinski definition) is 0. The standard InChI is InChI=1S/C30H22/c1-21(23-11-5-3-6-12-23)28-18-17-27-19-25-15-9-10-16-26(25)20-29(27)30(28)22(2)24-13-7-4-8-14-24/h3-20H,1-2H2. The fourth-order valence-corrected chi connectivity index (χ4v) is 4.17. The van der Waals surface area contributed by atoms with Crippen LogP contribution >= 0.6 is 0 Å². The molecule has 0 unspecified atom stereocenters. The van der Waals surface area contributed by atoms with E-state index in [1.54, 1.807) is 0 Å². The van der Waals surface area contributed by atoms with Crippen molar-refractivity contribution >= 4 is 32.7 Å². The van der Waals surface area contributed by atoms with Crippen LogP contribution < -0.4 is 0 Å². The highest BCUT2D eigenvalue weighted by Crippen LogP contribution is 2.38. The molecule has 0 aromatic heterocycles. The second-order valence-corrected chi connectivity index (χ2v) is 7.60. The average Bonchev–Trinajstić information content (AvgIpc) is 2.82. The van der Waals surface area contributed by atoms with E-state index in [1.165, 1.54) is 21.5 Å². The Balaban J connectivity index is 1.82. The summed E-state index contributed by atoms with van der Waals surface area (Å²) < 4.78 is 0. The maximum atomic E-state index is 4.52. The lowest BCUT2D eigenvalue weighted by molar-refractivity contribution is 1.53. The third-order valence-corrected chi connectivity index (χ3v) is 5.76. The monoisotopic (exact) mass is 382 g/mol. The topological polar surface area (TPSA) is 0 Å². The predicted molar refractivity (Wildman–Crippen MR) is 131 cm³/mol. The molecular formula is C30H22. The molecular weight excluding hydrogens is 360 g/mol. The molecule has 0 atom stereocenters. The summed E-state index contributed by atoms with van der Waals surface area (Å²) >= 11 is 0. The molecule has 0 radical (unpaired) electrons. The first kappa shape index (κ1) is 18.1. The molecule has 0 fully saturated rings. The van der Waals surface area contributed by atoms with Crippen LogP contribution in [0.2, 0.25) is 0 Å². The fourth-order valence-electron chi connectivity index (χ4n) is 4.17. The summed E-state index contributed by atoms with van der Waals surface area (Å²) in [4.78, 5) is 0. The summed E-state index contributed by atoms with van der Waals surface area (Å²) in [6.07, 6.45) is 0. The Labute approximate surface area is 177 Å². The Morgan fingerprint density at radius 3 is 1.63 bits per heavy atom. The highest BCUT2D eigenvalue weighted by Gasteiger charge is 2.16. The van der Waals surface area contributed by atoms with E-state index in [0.717, 1.165) is 33.4 Å². The molecule has 0 aliphatic rings.